The molecule has 0 amide bonds. The molecule has 21 heavy (non-hydrogen) atoms. The van der Waals surface area contributed by atoms with Gasteiger partial charge in [-0.1, -0.05) is 42.9 Å². The van der Waals surface area contributed by atoms with Crippen molar-refractivity contribution < 1.29 is 4.74 Å². The van der Waals surface area contributed by atoms with Crippen LogP contribution in [-0.4, -0.2) is 14.8 Å². The number of para-hydroxylation sites is 1. The Labute approximate surface area is 134 Å². The van der Waals surface area contributed by atoms with Crippen LogP contribution in [0.4, 0.5) is 0 Å². The first-order valence-electron chi connectivity index (χ1n) is 6.84. The summed E-state index contributed by atoms with van der Waals surface area (Å²) in [6.07, 6.45) is 0.794. The van der Waals surface area contributed by atoms with Gasteiger partial charge in [0.1, 0.15) is 17.3 Å². The Balaban J connectivity index is 2.25. The van der Waals surface area contributed by atoms with Gasteiger partial charge in [0, 0.05) is 6.54 Å². The molecule has 0 saturated carbocycles. The Hall–Kier alpha value is -1.59. The van der Waals surface area contributed by atoms with E-state index >= 15 is 0 Å². The lowest BCUT2D eigenvalue weighted by molar-refractivity contribution is 0.292. The predicted octanol–water partition coefficient (Wildman–Crippen LogP) is 3.33. The first kappa shape index (κ1) is 15.8. The van der Waals surface area contributed by atoms with Crippen molar-refractivity contribution in [2.75, 3.05) is 0 Å². The monoisotopic (exact) mass is 323 g/mol. The fraction of sp³-hybridized carbons (Fsp3) is 0.333. The minimum atomic E-state index is 0.315. The number of hydrogen-bond donors (Lipinski definition) is 1. The predicted molar refractivity (Wildman–Crippen MR) is 89.0 cm³/mol. The molecule has 0 radical (unpaired) electrons. The lowest BCUT2D eigenvalue weighted by Crippen LogP contribution is -2.12. The zero-order chi connectivity index (χ0) is 15.4. The minimum Gasteiger partial charge on any atom is -0.487 e. The summed E-state index contributed by atoms with van der Waals surface area (Å²) in [5, 5.41) is 5.14. The summed E-state index contributed by atoms with van der Waals surface area (Å²) in [6.45, 7) is 5.13. The minimum absolute atomic E-state index is 0.315. The van der Waals surface area contributed by atoms with Gasteiger partial charge in [-0.15, -0.1) is 0 Å². The van der Waals surface area contributed by atoms with Crippen molar-refractivity contribution in [2.24, 2.45) is 5.73 Å². The molecule has 0 unspecified atom stereocenters. The molecule has 4 nitrogen and oxygen atoms in total. The molecule has 1 aromatic heterocycles. The lowest BCUT2D eigenvalue weighted by Gasteiger charge is -2.11. The zero-order valence-corrected chi connectivity index (χ0v) is 13.7. The number of nitrogens with two attached hydrogens (primary N) is 1. The highest BCUT2D eigenvalue weighted by Gasteiger charge is 2.15. The van der Waals surface area contributed by atoms with E-state index < -0.39 is 0 Å². The zero-order valence-electron chi connectivity index (χ0n) is 12.1. The summed E-state index contributed by atoms with van der Waals surface area (Å²) < 4.78 is 7.72. The van der Waals surface area contributed by atoms with E-state index in [0.717, 1.165) is 29.9 Å². The van der Waals surface area contributed by atoms with Crippen molar-refractivity contribution in [3.05, 3.63) is 46.2 Å². The fourth-order valence-corrected chi connectivity index (χ4v) is 2.59. The van der Waals surface area contributed by atoms with E-state index in [1.54, 1.807) is 0 Å². The van der Waals surface area contributed by atoms with Crippen molar-refractivity contribution in [1.29, 1.82) is 0 Å². The van der Waals surface area contributed by atoms with Crippen LogP contribution in [0.15, 0.2) is 24.3 Å². The highest BCUT2D eigenvalue weighted by Crippen LogP contribution is 2.25. The van der Waals surface area contributed by atoms with Gasteiger partial charge in [0.25, 0.3) is 0 Å². The van der Waals surface area contributed by atoms with Gasteiger partial charge in [-0.3, -0.25) is 4.68 Å². The molecule has 2 N–H and O–H groups in total. The topological polar surface area (TPSA) is 53.1 Å². The summed E-state index contributed by atoms with van der Waals surface area (Å²) in [5.74, 6) is 0.656. The molecule has 2 aromatic rings. The van der Waals surface area contributed by atoms with E-state index in [-0.39, 0.29) is 0 Å². The summed E-state index contributed by atoms with van der Waals surface area (Å²) in [5.41, 5.74) is 8.18. The van der Waals surface area contributed by atoms with E-state index in [2.05, 4.69) is 5.10 Å². The van der Waals surface area contributed by atoms with Gasteiger partial charge in [-0.05, 0) is 25.5 Å². The van der Waals surface area contributed by atoms with Crippen molar-refractivity contribution >= 4 is 28.8 Å². The summed E-state index contributed by atoms with van der Waals surface area (Å²) in [7, 11) is 0. The Bertz CT molecular complexity index is 654. The molecule has 0 aliphatic carbocycles. The highest BCUT2D eigenvalue weighted by atomic mass is 35.5. The van der Waals surface area contributed by atoms with E-state index in [1.807, 2.05) is 42.8 Å². The van der Waals surface area contributed by atoms with E-state index in [1.165, 1.54) is 0 Å². The largest absolute Gasteiger partial charge is 0.487 e. The molecule has 0 aliphatic rings. The quantitative estimate of drug-likeness (QED) is 0.828. The smallest absolute Gasteiger partial charge is 0.131 e. The van der Waals surface area contributed by atoms with Crippen molar-refractivity contribution in [3.63, 3.8) is 0 Å². The van der Waals surface area contributed by atoms with Crippen LogP contribution in [0.2, 0.25) is 5.02 Å². The third-order valence-corrected chi connectivity index (χ3v) is 3.87. The molecule has 0 saturated heterocycles. The number of thiocarbonyl (C=S) groups is 1. The van der Waals surface area contributed by atoms with Gasteiger partial charge in [0.05, 0.1) is 22.0 Å². The van der Waals surface area contributed by atoms with Crippen LogP contribution < -0.4 is 10.5 Å². The van der Waals surface area contributed by atoms with Crippen LogP contribution in [0, 0.1) is 0 Å². The number of nitrogens with zero attached hydrogens (tertiary/aromatic N) is 2. The maximum absolute atomic E-state index is 6.36. The van der Waals surface area contributed by atoms with Gasteiger partial charge in [0.15, 0.2) is 0 Å². The second-order valence-electron chi connectivity index (χ2n) is 4.53. The standard InChI is InChI=1S/C15H18ClN3OS/c1-3-11-14(16)12(19(4-2)18-11)9-20-13-8-6-5-7-10(13)15(17)21/h5-8H,3-4,9H2,1-2H3,(H2,17,21). The molecule has 0 fully saturated rings. The number of hydrogen-bond acceptors (Lipinski definition) is 3. The summed E-state index contributed by atoms with van der Waals surface area (Å²) in [6, 6.07) is 7.44. The van der Waals surface area contributed by atoms with Gasteiger partial charge in [-0.25, -0.2) is 0 Å². The molecule has 1 aromatic carbocycles. The van der Waals surface area contributed by atoms with Crippen molar-refractivity contribution in [1.82, 2.24) is 9.78 Å². The van der Waals surface area contributed by atoms with Gasteiger partial charge in [-0.2, -0.15) is 5.10 Å². The highest BCUT2D eigenvalue weighted by molar-refractivity contribution is 7.80. The Morgan fingerprint density at radius 1 is 1.38 bits per heavy atom. The first-order chi connectivity index (χ1) is 10.1. The molecule has 2 rings (SSSR count). The van der Waals surface area contributed by atoms with Gasteiger partial charge in [0.2, 0.25) is 0 Å². The molecule has 0 aliphatic heterocycles. The van der Waals surface area contributed by atoms with E-state index in [4.69, 9.17) is 34.3 Å². The third kappa shape index (κ3) is 3.36. The molecule has 0 atom stereocenters. The summed E-state index contributed by atoms with van der Waals surface area (Å²) >= 11 is 11.4. The molecular weight excluding hydrogens is 306 g/mol. The number of ether oxygens (including phenoxy) is 1. The van der Waals surface area contributed by atoms with Gasteiger partial charge >= 0.3 is 0 Å². The fourth-order valence-electron chi connectivity index (χ4n) is 2.10. The van der Waals surface area contributed by atoms with E-state index in [9.17, 15) is 0 Å². The normalized spacial score (nSPS) is 10.6. The second-order valence-corrected chi connectivity index (χ2v) is 5.34. The van der Waals surface area contributed by atoms with Crippen LogP contribution in [-0.2, 0) is 19.6 Å². The number of rotatable bonds is 6. The van der Waals surface area contributed by atoms with Crippen LogP contribution >= 0.6 is 23.8 Å². The number of aromatic nitrogens is 2. The van der Waals surface area contributed by atoms with Gasteiger partial charge < -0.3 is 10.5 Å². The Morgan fingerprint density at radius 3 is 2.71 bits per heavy atom. The third-order valence-electron chi connectivity index (χ3n) is 3.21. The Kier molecular flexibility index (Phi) is 5.20. The molecule has 6 heteroatoms. The van der Waals surface area contributed by atoms with Crippen molar-refractivity contribution in [3.8, 4) is 5.75 Å². The Morgan fingerprint density at radius 2 is 2.10 bits per heavy atom. The first-order valence-corrected chi connectivity index (χ1v) is 7.62. The van der Waals surface area contributed by atoms with E-state index in [0.29, 0.717) is 22.4 Å². The molecule has 1 heterocycles. The van der Waals surface area contributed by atoms with Crippen LogP contribution in [0.25, 0.3) is 0 Å². The SMILES string of the molecule is CCc1nn(CC)c(COc2ccccc2C(N)=S)c1Cl. The maximum atomic E-state index is 6.36. The maximum Gasteiger partial charge on any atom is 0.131 e. The summed E-state index contributed by atoms with van der Waals surface area (Å²) in [4.78, 5) is 0.315. The van der Waals surface area contributed by atoms with Crippen molar-refractivity contribution in [2.45, 2.75) is 33.4 Å². The molecular formula is C15H18ClN3OS. The second kappa shape index (κ2) is 6.91. The molecule has 0 spiro atoms. The lowest BCUT2D eigenvalue weighted by atomic mass is 10.2. The number of aryl methyl sites for hydroxylation is 2. The molecule has 112 valence electrons. The molecule has 0 bridgehead atoms. The average Bonchev–Trinajstić information content (AvgIpc) is 2.80. The number of halogens is 1. The average molecular weight is 324 g/mol. The van der Waals surface area contributed by atoms with Crippen LogP contribution in [0.3, 0.4) is 0 Å². The van der Waals surface area contributed by atoms with Crippen LogP contribution in [0.5, 0.6) is 5.75 Å². The van der Waals surface area contributed by atoms with Crippen LogP contribution in [0.1, 0.15) is 30.8 Å². The number of benzene rings is 1.